The van der Waals surface area contributed by atoms with E-state index in [1.807, 2.05) is 0 Å². The molecule has 0 aliphatic carbocycles. The molecule has 152 valence electrons. The zero-order valence-corrected chi connectivity index (χ0v) is 16.6. The molecule has 0 aromatic heterocycles. The summed E-state index contributed by atoms with van der Waals surface area (Å²) in [6, 6.07) is 5.28. The molecule has 0 amide bonds. The molecule has 1 aromatic carbocycles. The number of nitrogens with zero attached hydrogens (tertiary/aromatic N) is 3. The molecule has 3 rings (SSSR count). The highest BCUT2D eigenvalue weighted by Gasteiger charge is 2.34. The zero-order chi connectivity index (χ0) is 19.4. The summed E-state index contributed by atoms with van der Waals surface area (Å²) in [4.78, 5) is 7.34. The van der Waals surface area contributed by atoms with Crippen LogP contribution in [0.15, 0.2) is 18.2 Å². The normalized spacial score (nSPS) is 24.0. The van der Waals surface area contributed by atoms with E-state index in [9.17, 15) is 13.9 Å². The molecule has 0 saturated carbocycles. The molecule has 2 aliphatic heterocycles. The Hall–Kier alpha value is -1.08. The molecular weight excluding hydrogens is 348 g/mol. The van der Waals surface area contributed by atoms with Crippen LogP contribution in [0.3, 0.4) is 0 Å². The molecule has 0 bridgehead atoms. The number of piperazine rings is 1. The van der Waals surface area contributed by atoms with Gasteiger partial charge in [-0.05, 0) is 52.3 Å². The number of halogens is 2. The number of piperidine rings is 1. The maximum atomic E-state index is 14.0. The van der Waals surface area contributed by atoms with E-state index in [2.05, 4.69) is 28.5 Å². The highest BCUT2D eigenvalue weighted by Crippen LogP contribution is 2.25. The number of rotatable bonds is 6. The van der Waals surface area contributed by atoms with E-state index in [4.69, 9.17) is 0 Å². The van der Waals surface area contributed by atoms with Crippen molar-refractivity contribution in [3.8, 4) is 0 Å². The Morgan fingerprint density at radius 3 is 2.48 bits per heavy atom. The van der Waals surface area contributed by atoms with E-state index < -0.39 is 11.6 Å². The van der Waals surface area contributed by atoms with Gasteiger partial charge in [0.05, 0.1) is 0 Å². The van der Waals surface area contributed by atoms with E-state index in [0.29, 0.717) is 30.2 Å². The molecule has 1 aromatic rings. The lowest BCUT2D eigenvalue weighted by molar-refractivity contribution is -0.000294. The molecule has 1 atom stereocenters. The first kappa shape index (κ1) is 20.6. The molecule has 2 saturated heterocycles. The first-order chi connectivity index (χ1) is 13.0. The summed E-state index contributed by atoms with van der Waals surface area (Å²) in [5.74, 6) is -1.01. The summed E-state index contributed by atoms with van der Waals surface area (Å²) in [7, 11) is 0. The molecular formula is C21H33F2N3O. The van der Waals surface area contributed by atoms with E-state index in [1.54, 1.807) is 6.07 Å². The first-order valence-electron chi connectivity index (χ1n) is 10.2. The van der Waals surface area contributed by atoms with Gasteiger partial charge in [0.1, 0.15) is 11.6 Å². The van der Waals surface area contributed by atoms with E-state index in [0.717, 1.165) is 45.2 Å². The van der Waals surface area contributed by atoms with Crippen molar-refractivity contribution < 1.29 is 13.9 Å². The lowest BCUT2D eigenvalue weighted by Gasteiger charge is -2.48. The fourth-order valence-corrected chi connectivity index (χ4v) is 4.59. The number of aliphatic hydroxyl groups excluding tert-OH is 1. The highest BCUT2D eigenvalue weighted by atomic mass is 19.1. The van der Waals surface area contributed by atoms with Crippen molar-refractivity contribution in [3.05, 3.63) is 35.4 Å². The smallest absolute Gasteiger partial charge is 0.130 e. The summed E-state index contributed by atoms with van der Waals surface area (Å²) >= 11 is 0. The van der Waals surface area contributed by atoms with Crippen LogP contribution in [0.4, 0.5) is 8.78 Å². The van der Waals surface area contributed by atoms with Crippen LogP contribution in [-0.2, 0) is 6.54 Å². The Bertz CT molecular complexity index is 605. The standard InChI is InChI=1S/C21H33F2N3O/c1-16(2)25-8-5-19(6-9-25)26-11-10-24(15-20(26)7-12-27)14-17-3-4-18(22)13-21(17)23/h3-4,13,16,19-20,27H,5-12,14-15H2,1-2H3/t20-/m0/s1. The Kier molecular flexibility index (Phi) is 7.20. The van der Waals surface area contributed by atoms with Crippen LogP contribution in [0.1, 0.15) is 38.7 Å². The van der Waals surface area contributed by atoms with Gasteiger partial charge in [-0.15, -0.1) is 0 Å². The minimum atomic E-state index is -0.535. The molecule has 6 heteroatoms. The van der Waals surface area contributed by atoms with Crippen molar-refractivity contribution in [1.82, 2.24) is 14.7 Å². The second kappa shape index (κ2) is 9.41. The fourth-order valence-electron chi connectivity index (χ4n) is 4.59. The molecule has 2 heterocycles. The van der Waals surface area contributed by atoms with Gasteiger partial charge in [0.15, 0.2) is 0 Å². The number of aliphatic hydroxyl groups is 1. The summed E-state index contributed by atoms with van der Waals surface area (Å²) in [6.45, 7) is 10.1. The predicted octanol–water partition coefficient (Wildman–Crippen LogP) is 2.71. The van der Waals surface area contributed by atoms with Gasteiger partial charge in [0.2, 0.25) is 0 Å². The Morgan fingerprint density at radius 2 is 1.85 bits per heavy atom. The number of benzene rings is 1. The molecule has 27 heavy (non-hydrogen) atoms. The third-order valence-corrected chi connectivity index (χ3v) is 6.18. The van der Waals surface area contributed by atoms with Crippen LogP contribution in [0.2, 0.25) is 0 Å². The van der Waals surface area contributed by atoms with Crippen LogP contribution in [0.25, 0.3) is 0 Å². The zero-order valence-electron chi connectivity index (χ0n) is 16.6. The van der Waals surface area contributed by atoms with Crippen molar-refractivity contribution in [1.29, 1.82) is 0 Å². The number of likely N-dealkylation sites (tertiary alicyclic amines) is 1. The summed E-state index contributed by atoms with van der Waals surface area (Å²) in [5.41, 5.74) is 0.540. The minimum absolute atomic E-state index is 0.171. The first-order valence-corrected chi connectivity index (χ1v) is 10.2. The van der Waals surface area contributed by atoms with Gasteiger partial charge in [0, 0.05) is 62.5 Å². The average molecular weight is 382 g/mol. The van der Waals surface area contributed by atoms with Gasteiger partial charge < -0.3 is 10.0 Å². The second-order valence-electron chi connectivity index (χ2n) is 8.24. The van der Waals surface area contributed by atoms with Gasteiger partial charge in [-0.1, -0.05) is 6.07 Å². The van der Waals surface area contributed by atoms with E-state index in [1.165, 1.54) is 18.9 Å². The maximum Gasteiger partial charge on any atom is 0.130 e. The van der Waals surface area contributed by atoms with E-state index in [-0.39, 0.29) is 6.61 Å². The number of hydrogen-bond donors (Lipinski definition) is 1. The summed E-state index contributed by atoms with van der Waals surface area (Å²) < 4.78 is 27.1. The van der Waals surface area contributed by atoms with Crippen molar-refractivity contribution in [3.63, 3.8) is 0 Å². The lowest BCUT2D eigenvalue weighted by Crippen LogP contribution is -2.58. The molecule has 4 nitrogen and oxygen atoms in total. The minimum Gasteiger partial charge on any atom is -0.396 e. The quantitative estimate of drug-likeness (QED) is 0.821. The second-order valence-corrected chi connectivity index (χ2v) is 8.24. The van der Waals surface area contributed by atoms with Crippen molar-refractivity contribution >= 4 is 0 Å². The Labute approximate surface area is 161 Å². The summed E-state index contributed by atoms with van der Waals surface area (Å²) in [6.07, 6.45) is 3.09. The third-order valence-electron chi connectivity index (χ3n) is 6.18. The SMILES string of the molecule is CC(C)N1CCC(N2CCN(Cc3ccc(F)cc3F)C[C@@H]2CCO)CC1. The maximum absolute atomic E-state index is 14.0. The van der Waals surface area contributed by atoms with Gasteiger partial charge in [-0.3, -0.25) is 9.80 Å². The van der Waals surface area contributed by atoms with Crippen LogP contribution in [-0.4, -0.2) is 77.3 Å². The lowest BCUT2D eigenvalue weighted by atomic mass is 9.97. The topological polar surface area (TPSA) is 30.0 Å². The monoisotopic (exact) mass is 381 g/mol. The van der Waals surface area contributed by atoms with Crippen molar-refractivity contribution in [2.75, 3.05) is 39.3 Å². The molecule has 0 radical (unpaired) electrons. The molecule has 0 spiro atoms. The van der Waals surface area contributed by atoms with E-state index >= 15 is 0 Å². The average Bonchev–Trinajstić information content (AvgIpc) is 2.65. The Balaban J connectivity index is 1.60. The van der Waals surface area contributed by atoms with Crippen LogP contribution in [0.5, 0.6) is 0 Å². The van der Waals surface area contributed by atoms with Crippen LogP contribution in [0, 0.1) is 11.6 Å². The fraction of sp³-hybridized carbons (Fsp3) is 0.714. The number of hydrogen-bond acceptors (Lipinski definition) is 4. The molecule has 1 N–H and O–H groups in total. The molecule has 2 fully saturated rings. The van der Waals surface area contributed by atoms with Gasteiger partial charge in [-0.25, -0.2) is 8.78 Å². The predicted molar refractivity (Wildman–Crippen MR) is 104 cm³/mol. The molecule has 0 unspecified atom stereocenters. The summed E-state index contributed by atoms with van der Waals surface area (Å²) in [5, 5.41) is 9.55. The van der Waals surface area contributed by atoms with Gasteiger partial charge >= 0.3 is 0 Å². The van der Waals surface area contributed by atoms with Crippen molar-refractivity contribution in [2.45, 2.75) is 57.8 Å². The van der Waals surface area contributed by atoms with Gasteiger partial charge in [0.25, 0.3) is 0 Å². The molecule has 2 aliphatic rings. The van der Waals surface area contributed by atoms with Gasteiger partial charge in [-0.2, -0.15) is 0 Å². The van der Waals surface area contributed by atoms with Crippen LogP contribution >= 0.6 is 0 Å². The van der Waals surface area contributed by atoms with Crippen molar-refractivity contribution in [2.24, 2.45) is 0 Å². The third kappa shape index (κ3) is 5.25. The Morgan fingerprint density at radius 1 is 1.11 bits per heavy atom. The van der Waals surface area contributed by atoms with Crippen LogP contribution < -0.4 is 0 Å². The highest BCUT2D eigenvalue weighted by molar-refractivity contribution is 5.18. The largest absolute Gasteiger partial charge is 0.396 e.